The maximum atomic E-state index is 5.06. The fourth-order valence-corrected chi connectivity index (χ4v) is 2.29. The summed E-state index contributed by atoms with van der Waals surface area (Å²) in [6.45, 7) is 4.58. The molecule has 1 N–H and O–H groups in total. The first kappa shape index (κ1) is 8.87. The van der Waals surface area contributed by atoms with Gasteiger partial charge in [-0.05, 0) is 36.9 Å². The maximum Gasteiger partial charge on any atom is 0.238 e. The molecule has 4 nitrogen and oxygen atoms in total. The van der Waals surface area contributed by atoms with Crippen molar-refractivity contribution in [2.24, 2.45) is 5.41 Å². The molecule has 0 spiro atoms. The van der Waals surface area contributed by atoms with Crippen LogP contribution in [0.2, 0.25) is 0 Å². The minimum atomic E-state index is 0.435. The molecule has 72 valence electrons. The number of nitrogens with one attached hydrogen (secondary N) is 1. The van der Waals surface area contributed by atoms with E-state index in [1.54, 1.807) is 0 Å². The summed E-state index contributed by atoms with van der Waals surface area (Å²) in [7, 11) is 0. The smallest absolute Gasteiger partial charge is 0.238 e. The summed E-state index contributed by atoms with van der Waals surface area (Å²) in [4.78, 5) is 0. The molecule has 1 saturated carbocycles. The molecule has 5 heteroatoms. The van der Waals surface area contributed by atoms with Crippen molar-refractivity contribution in [3.8, 4) is 0 Å². The van der Waals surface area contributed by atoms with Gasteiger partial charge in [-0.15, -0.1) is 0 Å². The van der Waals surface area contributed by atoms with Crippen LogP contribution in [0, 0.1) is 10.2 Å². The number of tetrazole rings is 1. The van der Waals surface area contributed by atoms with E-state index in [0.29, 0.717) is 16.2 Å². The molecule has 0 saturated heterocycles. The zero-order chi connectivity index (χ0) is 9.47. The van der Waals surface area contributed by atoms with Gasteiger partial charge in [0.05, 0.1) is 6.04 Å². The van der Waals surface area contributed by atoms with Gasteiger partial charge >= 0.3 is 0 Å². The number of rotatable bonds is 1. The van der Waals surface area contributed by atoms with Crippen LogP contribution in [0.25, 0.3) is 0 Å². The Morgan fingerprint density at radius 1 is 1.62 bits per heavy atom. The van der Waals surface area contributed by atoms with E-state index in [-0.39, 0.29) is 0 Å². The van der Waals surface area contributed by atoms with Crippen molar-refractivity contribution in [2.45, 2.75) is 39.2 Å². The topological polar surface area (TPSA) is 46.5 Å². The van der Waals surface area contributed by atoms with Crippen molar-refractivity contribution in [1.82, 2.24) is 20.2 Å². The van der Waals surface area contributed by atoms with E-state index in [9.17, 15) is 0 Å². The van der Waals surface area contributed by atoms with Crippen molar-refractivity contribution >= 4 is 12.2 Å². The normalized spacial score (nSPS) is 26.5. The predicted octanol–water partition coefficient (Wildman–Crippen LogP) is 2.09. The van der Waals surface area contributed by atoms with Gasteiger partial charge in [-0.25, -0.2) is 4.68 Å². The Kier molecular flexibility index (Phi) is 1.98. The van der Waals surface area contributed by atoms with Gasteiger partial charge in [-0.3, -0.25) is 0 Å². The average molecular weight is 198 g/mol. The van der Waals surface area contributed by atoms with E-state index >= 15 is 0 Å². The lowest BCUT2D eigenvalue weighted by molar-refractivity contribution is 0.346. The number of hydrogen-bond acceptors (Lipinski definition) is 3. The molecule has 0 bridgehead atoms. The van der Waals surface area contributed by atoms with Gasteiger partial charge in [-0.1, -0.05) is 24.2 Å². The highest BCUT2D eigenvalue weighted by atomic mass is 32.1. The molecule has 0 aliphatic heterocycles. The van der Waals surface area contributed by atoms with Crippen LogP contribution in [-0.4, -0.2) is 20.2 Å². The summed E-state index contributed by atoms with van der Waals surface area (Å²) in [5, 5.41) is 10.3. The standard InChI is InChI=1S/C8H14N4S/c1-8(2)4-3-6(5-8)12-7(13)9-10-11-12/h6H,3-5H2,1-2H3,(H,9,11,13). The number of aromatic amines is 1. The van der Waals surface area contributed by atoms with Crippen LogP contribution in [0.5, 0.6) is 0 Å². The van der Waals surface area contributed by atoms with E-state index in [4.69, 9.17) is 12.2 Å². The highest BCUT2D eigenvalue weighted by Crippen LogP contribution is 2.42. The second-order valence-electron chi connectivity index (χ2n) is 4.51. The van der Waals surface area contributed by atoms with Crippen molar-refractivity contribution in [3.05, 3.63) is 4.77 Å². The second-order valence-corrected chi connectivity index (χ2v) is 4.88. The minimum Gasteiger partial charge on any atom is -0.239 e. The van der Waals surface area contributed by atoms with Crippen LogP contribution in [0.3, 0.4) is 0 Å². The molecule has 1 aliphatic rings. The van der Waals surface area contributed by atoms with Gasteiger partial charge in [0.15, 0.2) is 0 Å². The molecular weight excluding hydrogens is 184 g/mol. The van der Waals surface area contributed by atoms with Crippen LogP contribution < -0.4 is 0 Å². The molecular formula is C8H14N4S. The van der Waals surface area contributed by atoms with E-state index < -0.39 is 0 Å². The summed E-state index contributed by atoms with van der Waals surface area (Å²) >= 11 is 5.06. The van der Waals surface area contributed by atoms with Crippen molar-refractivity contribution < 1.29 is 0 Å². The van der Waals surface area contributed by atoms with E-state index in [0.717, 1.165) is 6.42 Å². The predicted molar refractivity (Wildman–Crippen MR) is 51.9 cm³/mol. The van der Waals surface area contributed by atoms with Crippen LogP contribution in [0.15, 0.2) is 0 Å². The summed E-state index contributed by atoms with van der Waals surface area (Å²) in [5.41, 5.74) is 0.435. The lowest BCUT2D eigenvalue weighted by Gasteiger charge is -2.16. The zero-order valence-electron chi connectivity index (χ0n) is 7.95. The van der Waals surface area contributed by atoms with E-state index in [1.807, 2.05) is 4.68 Å². The largest absolute Gasteiger partial charge is 0.239 e. The molecule has 1 fully saturated rings. The molecule has 1 atom stereocenters. The molecule has 1 aliphatic carbocycles. The first-order chi connectivity index (χ1) is 6.08. The van der Waals surface area contributed by atoms with E-state index in [2.05, 4.69) is 29.4 Å². The Balaban J connectivity index is 2.22. The maximum absolute atomic E-state index is 5.06. The average Bonchev–Trinajstić information content (AvgIpc) is 2.56. The summed E-state index contributed by atoms with van der Waals surface area (Å²) in [5.74, 6) is 0. The SMILES string of the molecule is CC1(C)CCC(n2[nH]nnc2=S)C1. The fraction of sp³-hybridized carbons (Fsp3) is 0.875. The molecule has 1 heterocycles. The number of hydrogen-bond donors (Lipinski definition) is 1. The fourth-order valence-electron chi connectivity index (χ4n) is 2.06. The third kappa shape index (κ3) is 1.65. The van der Waals surface area contributed by atoms with Crippen LogP contribution in [-0.2, 0) is 0 Å². The van der Waals surface area contributed by atoms with Crippen molar-refractivity contribution in [1.29, 1.82) is 0 Å². The molecule has 1 aromatic heterocycles. The van der Waals surface area contributed by atoms with Crippen LogP contribution >= 0.6 is 12.2 Å². The number of nitrogens with zero attached hydrogens (tertiary/aromatic N) is 3. The van der Waals surface area contributed by atoms with Gasteiger partial charge in [0.2, 0.25) is 4.77 Å². The highest BCUT2D eigenvalue weighted by Gasteiger charge is 2.32. The first-order valence-corrected chi connectivity index (χ1v) is 4.99. The zero-order valence-corrected chi connectivity index (χ0v) is 8.77. The summed E-state index contributed by atoms with van der Waals surface area (Å²) in [6, 6.07) is 0.470. The third-order valence-corrected chi connectivity index (χ3v) is 3.08. The Bertz CT molecular complexity index is 351. The molecule has 1 aromatic rings. The third-order valence-electron chi connectivity index (χ3n) is 2.80. The Morgan fingerprint density at radius 3 is 2.85 bits per heavy atom. The molecule has 1 unspecified atom stereocenters. The Labute approximate surface area is 82.3 Å². The monoisotopic (exact) mass is 198 g/mol. The number of H-pyrrole nitrogens is 1. The van der Waals surface area contributed by atoms with Crippen molar-refractivity contribution in [3.63, 3.8) is 0 Å². The second kappa shape index (κ2) is 2.90. The number of aromatic nitrogens is 4. The van der Waals surface area contributed by atoms with Crippen LogP contribution in [0.1, 0.15) is 39.2 Å². The van der Waals surface area contributed by atoms with Crippen LogP contribution in [0.4, 0.5) is 0 Å². The lowest BCUT2D eigenvalue weighted by Crippen LogP contribution is -2.10. The van der Waals surface area contributed by atoms with Gasteiger partial charge in [0.1, 0.15) is 0 Å². The molecule has 0 radical (unpaired) electrons. The Hall–Kier alpha value is -0.710. The van der Waals surface area contributed by atoms with Gasteiger partial charge in [0.25, 0.3) is 0 Å². The van der Waals surface area contributed by atoms with Gasteiger partial charge in [-0.2, -0.15) is 5.21 Å². The van der Waals surface area contributed by atoms with Gasteiger partial charge in [0, 0.05) is 0 Å². The molecule has 2 rings (SSSR count). The summed E-state index contributed by atoms with van der Waals surface area (Å²) < 4.78 is 2.48. The minimum absolute atomic E-state index is 0.435. The van der Waals surface area contributed by atoms with Crippen molar-refractivity contribution in [2.75, 3.05) is 0 Å². The van der Waals surface area contributed by atoms with Gasteiger partial charge < -0.3 is 0 Å². The molecule has 0 aromatic carbocycles. The lowest BCUT2D eigenvalue weighted by atomic mass is 9.92. The Morgan fingerprint density at radius 2 is 2.38 bits per heavy atom. The van der Waals surface area contributed by atoms with E-state index in [1.165, 1.54) is 12.8 Å². The molecule has 13 heavy (non-hydrogen) atoms. The first-order valence-electron chi connectivity index (χ1n) is 4.58. The molecule has 0 amide bonds. The summed E-state index contributed by atoms with van der Waals surface area (Å²) in [6.07, 6.45) is 3.58. The highest BCUT2D eigenvalue weighted by molar-refractivity contribution is 7.71. The quantitative estimate of drug-likeness (QED) is 0.703.